The van der Waals surface area contributed by atoms with Crippen LogP contribution >= 0.6 is 0 Å². The monoisotopic (exact) mass is 332 g/mol. The van der Waals surface area contributed by atoms with Gasteiger partial charge in [-0.15, -0.1) is 0 Å². The summed E-state index contributed by atoms with van der Waals surface area (Å²) >= 11 is 0. The summed E-state index contributed by atoms with van der Waals surface area (Å²) < 4.78 is 11.9. The number of fused-ring (bicyclic) bond motifs is 1. The van der Waals surface area contributed by atoms with Crippen molar-refractivity contribution in [2.24, 2.45) is 0 Å². The van der Waals surface area contributed by atoms with Gasteiger partial charge in [-0.3, -0.25) is 4.90 Å². The van der Waals surface area contributed by atoms with Crippen LogP contribution in [0.5, 0.6) is 0 Å². The molecule has 0 aliphatic heterocycles. The van der Waals surface area contributed by atoms with E-state index in [1.54, 1.807) is 6.20 Å². The molecule has 126 valence electrons. The van der Waals surface area contributed by atoms with E-state index >= 15 is 0 Å². The Bertz CT molecular complexity index is 939. The summed E-state index contributed by atoms with van der Waals surface area (Å²) in [6.07, 6.45) is 1.78. The lowest BCUT2D eigenvalue weighted by Gasteiger charge is -2.21. The number of hydrogen-bond donors (Lipinski definition) is 0. The van der Waals surface area contributed by atoms with Crippen LogP contribution in [0.15, 0.2) is 75.7 Å². The van der Waals surface area contributed by atoms with Crippen molar-refractivity contribution in [3.05, 3.63) is 78.5 Å². The first-order chi connectivity index (χ1) is 12.2. The molecule has 0 N–H and O–H groups in total. The highest BCUT2D eigenvalue weighted by Crippen LogP contribution is 2.28. The van der Waals surface area contributed by atoms with Gasteiger partial charge in [-0.25, -0.2) is 4.98 Å². The lowest BCUT2D eigenvalue weighted by Crippen LogP contribution is -2.21. The first-order valence-corrected chi connectivity index (χ1v) is 8.39. The fraction of sp³-hybridized carbons (Fsp3) is 0.190. The predicted octanol–water partition coefficient (Wildman–Crippen LogP) is 5.28. The van der Waals surface area contributed by atoms with Crippen LogP contribution in [-0.2, 0) is 6.54 Å². The Hall–Kier alpha value is -2.85. The van der Waals surface area contributed by atoms with Crippen LogP contribution in [-0.4, -0.2) is 16.9 Å². The molecule has 0 fully saturated rings. The molecule has 2 aromatic heterocycles. The molecule has 1 atom stereocenters. The Balaban J connectivity index is 1.49. The molecule has 0 spiro atoms. The van der Waals surface area contributed by atoms with Gasteiger partial charge in [-0.05, 0) is 26.1 Å². The van der Waals surface area contributed by atoms with Gasteiger partial charge in [0.1, 0.15) is 11.3 Å². The second-order valence-corrected chi connectivity index (χ2v) is 6.26. The molecule has 25 heavy (non-hydrogen) atoms. The van der Waals surface area contributed by atoms with Crippen LogP contribution in [0.1, 0.15) is 24.6 Å². The zero-order valence-electron chi connectivity index (χ0n) is 14.3. The molecule has 4 nitrogen and oxygen atoms in total. The van der Waals surface area contributed by atoms with Crippen LogP contribution in [0.25, 0.3) is 22.3 Å². The summed E-state index contributed by atoms with van der Waals surface area (Å²) in [6.45, 7) is 2.74. The van der Waals surface area contributed by atoms with Crippen molar-refractivity contribution in [3.63, 3.8) is 0 Å². The quantitative estimate of drug-likeness (QED) is 0.498. The highest BCUT2D eigenvalue weighted by Gasteiger charge is 2.18. The number of para-hydroxylation sites is 1. The van der Waals surface area contributed by atoms with Gasteiger partial charge in [0, 0.05) is 10.9 Å². The van der Waals surface area contributed by atoms with Crippen LogP contribution in [0.2, 0.25) is 0 Å². The zero-order valence-corrected chi connectivity index (χ0v) is 14.3. The maximum atomic E-state index is 5.97. The van der Waals surface area contributed by atoms with Crippen LogP contribution in [0.4, 0.5) is 0 Å². The van der Waals surface area contributed by atoms with E-state index in [4.69, 9.17) is 8.83 Å². The minimum atomic E-state index is 0.125. The molecule has 0 amide bonds. The molecule has 1 unspecified atom stereocenters. The Morgan fingerprint density at radius 2 is 1.76 bits per heavy atom. The molecule has 0 aliphatic rings. The Kier molecular flexibility index (Phi) is 4.12. The van der Waals surface area contributed by atoms with Crippen molar-refractivity contribution in [1.29, 1.82) is 0 Å². The van der Waals surface area contributed by atoms with E-state index < -0.39 is 0 Å². The molecular weight excluding hydrogens is 312 g/mol. The number of furan rings is 1. The summed E-state index contributed by atoms with van der Waals surface area (Å²) in [7, 11) is 2.05. The fourth-order valence-corrected chi connectivity index (χ4v) is 2.90. The maximum absolute atomic E-state index is 5.97. The molecule has 0 saturated carbocycles. The number of aromatic nitrogens is 1. The third-order valence-electron chi connectivity index (χ3n) is 4.51. The third kappa shape index (κ3) is 3.21. The van der Waals surface area contributed by atoms with E-state index in [9.17, 15) is 0 Å². The summed E-state index contributed by atoms with van der Waals surface area (Å²) in [5.41, 5.74) is 1.95. The Morgan fingerprint density at radius 3 is 2.56 bits per heavy atom. The number of oxazole rings is 1. The Labute approximate surface area is 146 Å². The molecule has 4 heteroatoms. The van der Waals surface area contributed by atoms with Gasteiger partial charge in [-0.1, -0.05) is 48.5 Å². The molecule has 0 bridgehead atoms. The van der Waals surface area contributed by atoms with Crippen molar-refractivity contribution in [1.82, 2.24) is 9.88 Å². The van der Waals surface area contributed by atoms with Crippen molar-refractivity contribution in [2.75, 3.05) is 7.05 Å². The fourth-order valence-electron chi connectivity index (χ4n) is 2.90. The van der Waals surface area contributed by atoms with E-state index in [1.807, 2.05) is 55.6 Å². The lowest BCUT2D eigenvalue weighted by molar-refractivity contribution is 0.207. The van der Waals surface area contributed by atoms with E-state index in [2.05, 4.69) is 28.9 Å². The highest BCUT2D eigenvalue weighted by atomic mass is 16.4. The van der Waals surface area contributed by atoms with Crippen molar-refractivity contribution in [2.45, 2.75) is 19.5 Å². The van der Waals surface area contributed by atoms with Gasteiger partial charge in [0.15, 0.2) is 5.76 Å². The standard InChI is InChI=1S/C21H20N2O2/c1-15(19-12-17-10-6-7-11-18(17)24-19)23(2)14-21-22-13-20(25-21)16-8-4-3-5-9-16/h3-13,15H,14H2,1-2H3. The number of hydrogen-bond acceptors (Lipinski definition) is 4. The van der Waals surface area contributed by atoms with Crippen molar-refractivity contribution in [3.8, 4) is 11.3 Å². The summed E-state index contributed by atoms with van der Waals surface area (Å²) in [5.74, 6) is 2.43. The van der Waals surface area contributed by atoms with Gasteiger partial charge < -0.3 is 8.83 Å². The second kappa shape index (κ2) is 6.57. The van der Waals surface area contributed by atoms with E-state index in [1.165, 1.54) is 0 Å². The smallest absolute Gasteiger partial charge is 0.209 e. The SMILES string of the molecule is CC(c1cc2ccccc2o1)N(C)Cc1ncc(-c2ccccc2)o1. The molecule has 0 radical (unpaired) electrons. The summed E-state index contributed by atoms with van der Waals surface area (Å²) in [4.78, 5) is 6.58. The van der Waals surface area contributed by atoms with E-state index in [0.717, 1.165) is 28.1 Å². The van der Waals surface area contributed by atoms with Gasteiger partial charge in [0.05, 0.1) is 18.8 Å². The second-order valence-electron chi connectivity index (χ2n) is 6.26. The van der Waals surface area contributed by atoms with Crippen LogP contribution < -0.4 is 0 Å². The predicted molar refractivity (Wildman–Crippen MR) is 98.0 cm³/mol. The van der Waals surface area contributed by atoms with Gasteiger partial charge in [0.25, 0.3) is 0 Å². The molecule has 4 aromatic rings. The van der Waals surface area contributed by atoms with E-state index in [0.29, 0.717) is 12.4 Å². The first kappa shape index (κ1) is 15.7. The number of rotatable bonds is 5. The Morgan fingerprint density at radius 1 is 1.00 bits per heavy atom. The average Bonchev–Trinajstić information content (AvgIpc) is 3.28. The normalized spacial score (nSPS) is 12.8. The molecule has 4 rings (SSSR count). The minimum absolute atomic E-state index is 0.125. The van der Waals surface area contributed by atoms with Gasteiger partial charge in [0.2, 0.25) is 5.89 Å². The topological polar surface area (TPSA) is 42.4 Å². The van der Waals surface area contributed by atoms with Crippen molar-refractivity contribution < 1.29 is 8.83 Å². The first-order valence-electron chi connectivity index (χ1n) is 8.39. The molecular formula is C21H20N2O2. The lowest BCUT2D eigenvalue weighted by atomic mass is 10.2. The largest absolute Gasteiger partial charge is 0.459 e. The van der Waals surface area contributed by atoms with Crippen LogP contribution in [0.3, 0.4) is 0 Å². The van der Waals surface area contributed by atoms with Gasteiger partial charge in [-0.2, -0.15) is 0 Å². The highest BCUT2D eigenvalue weighted by molar-refractivity contribution is 5.77. The van der Waals surface area contributed by atoms with Crippen molar-refractivity contribution >= 4 is 11.0 Å². The molecule has 2 heterocycles. The van der Waals surface area contributed by atoms with Gasteiger partial charge >= 0.3 is 0 Å². The van der Waals surface area contributed by atoms with E-state index in [-0.39, 0.29) is 6.04 Å². The third-order valence-corrected chi connectivity index (χ3v) is 4.51. The molecule has 2 aromatic carbocycles. The zero-order chi connectivity index (χ0) is 17.2. The minimum Gasteiger partial charge on any atom is -0.459 e. The van der Waals surface area contributed by atoms with Crippen LogP contribution in [0, 0.1) is 0 Å². The molecule has 0 saturated heterocycles. The average molecular weight is 332 g/mol. The molecule has 0 aliphatic carbocycles. The maximum Gasteiger partial charge on any atom is 0.209 e. The summed E-state index contributed by atoms with van der Waals surface area (Å²) in [5, 5.41) is 1.13. The number of benzene rings is 2. The summed E-state index contributed by atoms with van der Waals surface area (Å²) in [6, 6.07) is 20.3. The number of nitrogens with zero attached hydrogens (tertiary/aromatic N) is 2.